The van der Waals surface area contributed by atoms with Crippen LogP contribution in [0.2, 0.25) is 0 Å². The van der Waals surface area contributed by atoms with E-state index in [0.717, 1.165) is 50.4 Å². The van der Waals surface area contributed by atoms with E-state index >= 15 is 0 Å². The third kappa shape index (κ3) is 6.41. The Labute approximate surface area is 331 Å². The van der Waals surface area contributed by atoms with E-state index in [-0.39, 0.29) is 0 Å². The van der Waals surface area contributed by atoms with E-state index in [0.29, 0.717) is 17.5 Å². The molecule has 270 valence electrons. The number of benzene rings is 8. The van der Waals surface area contributed by atoms with E-state index in [1.165, 1.54) is 27.4 Å². The zero-order chi connectivity index (χ0) is 38.1. The third-order valence-corrected chi connectivity index (χ3v) is 10.7. The van der Waals surface area contributed by atoms with Gasteiger partial charge >= 0.3 is 0 Å². The van der Waals surface area contributed by atoms with Crippen LogP contribution in [0.5, 0.6) is 0 Å². The van der Waals surface area contributed by atoms with E-state index in [1.54, 1.807) is 0 Å². The van der Waals surface area contributed by atoms with Crippen molar-refractivity contribution >= 4 is 33.2 Å². The summed E-state index contributed by atoms with van der Waals surface area (Å²) in [5, 5.41) is 2.47. The number of hydrogen-bond donors (Lipinski definition) is 0. The molecule has 10 rings (SSSR count). The van der Waals surface area contributed by atoms with Crippen molar-refractivity contribution in [1.82, 2.24) is 19.5 Å². The zero-order valence-corrected chi connectivity index (χ0v) is 31.4. The van der Waals surface area contributed by atoms with Crippen molar-refractivity contribution < 1.29 is 0 Å². The molecule has 8 aromatic carbocycles. The van der Waals surface area contributed by atoms with Crippen molar-refractivity contribution in [3.05, 3.63) is 206 Å². The number of nitrogens with zero attached hydrogens (tertiary/aromatic N) is 5. The topological polar surface area (TPSA) is 46.8 Å². The van der Waals surface area contributed by atoms with Gasteiger partial charge in [0.1, 0.15) is 0 Å². The standard InChI is InChI=1S/C52H37N5/c1-56(43-32-33-49-46(35-43)45-25-12-14-27-48(45)57(49)42-22-9-4-10-23-42)47-26-13-11-24-44(47)37-30-28-36(29-31-37)40-20-15-21-41(34-40)52-54-50(38-16-5-2-6-17-38)53-51(55-52)39-18-7-3-8-19-39/h2-35H,1H3. The quantitative estimate of drug-likeness (QED) is 0.156. The van der Waals surface area contributed by atoms with Crippen LogP contribution < -0.4 is 4.90 Å². The monoisotopic (exact) mass is 731 g/mol. The summed E-state index contributed by atoms with van der Waals surface area (Å²) in [5.41, 5.74) is 13.2. The first-order valence-corrected chi connectivity index (χ1v) is 19.2. The van der Waals surface area contributed by atoms with Gasteiger partial charge in [-0.3, -0.25) is 0 Å². The molecule has 0 unspecified atom stereocenters. The molecule has 0 aliphatic carbocycles. The fourth-order valence-electron chi connectivity index (χ4n) is 7.79. The third-order valence-electron chi connectivity index (χ3n) is 10.7. The van der Waals surface area contributed by atoms with Crippen LogP contribution in [0.15, 0.2) is 206 Å². The number of rotatable bonds is 8. The Morgan fingerprint density at radius 3 is 1.60 bits per heavy atom. The van der Waals surface area contributed by atoms with Crippen LogP contribution in [0, 0.1) is 0 Å². The molecule has 0 bridgehead atoms. The van der Waals surface area contributed by atoms with Crippen molar-refractivity contribution in [3.63, 3.8) is 0 Å². The highest BCUT2D eigenvalue weighted by Crippen LogP contribution is 2.39. The molecule has 5 nitrogen and oxygen atoms in total. The van der Waals surface area contributed by atoms with E-state index in [4.69, 9.17) is 15.0 Å². The molecule has 0 saturated carbocycles. The van der Waals surface area contributed by atoms with Gasteiger partial charge in [-0.25, -0.2) is 15.0 Å². The van der Waals surface area contributed by atoms with Gasteiger partial charge in [-0.05, 0) is 65.2 Å². The maximum absolute atomic E-state index is 4.96. The summed E-state index contributed by atoms with van der Waals surface area (Å²) in [6.45, 7) is 0. The molecule has 0 spiro atoms. The second-order valence-electron chi connectivity index (χ2n) is 14.2. The summed E-state index contributed by atoms with van der Waals surface area (Å²) in [6.07, 6.45) is 0. The second kappa shape index (κ2) is 14.5. The van der Waals surface area contributed by atoms with Crippen molar-refractivity contribution in [1.29, 1.82) is 0 Å². The van der Waals surface area contributed by atoms with Gasteiger partial charge in [-0.15, -0.1) is 0 Å². The lowest BCUT2D eigenvalue weighted by molar-refractivity contribution is 1.07. The summed E-state index contributed by atoms with van der Waals surface area (Å²) in [7, 11) is 2.16. The lowest BCUT2D eigenvalue weighted by Gasteiger charge is -2.23. The average Bonchev–Trinajstić information content (AvgIpc) is 3.63. The van der Waals surface area contributed by atoms with Gasteiger partial charge in [0.2, 0.25) is 0 Å². The fraction of sp³-hybridized carbons (Fsp3) is 0.0192. The largest absolute Gasteiger partial charge is 0.344 e. The first-order valence-electron chi connectivity index (χ1n) is 19.2. The van der Waals surface area contributed by atoms with Crippen LogP contribution in [0.4, 0.5) is 11.4 Å². The predicted molar refractivity (Wildman–Crippen MR) is 236 cm³/mol. The minimum atomic E-state index is 0.640. The number of anilines is 2. The average molecular weight is 732 g/mol. The summed E-state index contributed by atoms with van der Waals surface area (Å²) < 4.78 is 2.35. The van der Waals surface area contributed by atoms with Crippen LogP contribution in [0.1, 0.15) is 0 Å². The van der Waals surface area contributed by atoms with Gasteiger partial charge in [0.15, 0.2) is 17.5 Å². The zero-order valence-electron chi connectivity index (χ0n) is 31.4. The fourth-order valence-corrected chi connectivity index (χ4v) is 7.79. The number of para-hydroxylation sites is 3. The van der Waals surface area contributed by atoms with Crippen molar-refractivity contribution in [2.45, 2.75) is 0 Å². The second-order valence-corrected chi connectivity index (χ2v) is 14.2. The highest BCUT2D eigenvalue weighted by Gasteiger charge is 2.17. The highest BCUT2D eigenvalue weighted by atomic mass is 15.1. The minimum absolute atomic E-state index is 0.640. The molecule has 0 N–H and O–H groups in total. The number of fused-ring (bicyclic) bond motifs is 3. The Kier molecular flexibility index (Phi) is 8.65. The Morgan fingerprint density at radius 2 is 0.895 bits per heavy atom. The van der Waals surface area contributed by atoms with Crippen LogP contribution in [-0.4, -0.2) is 26.6 Å². The van der Waals surface area contributed by atoms with Crippen LogP contribution in [-0.2, 0) is 0 Å². The molecule has 0 saturated heterocycles. The summed E-state index contributed by atoms with van der Waals surface area (Å²) >= 11 is 0. The Morgan fingerprint density at radius 1 is 0.368 bits per heavy atom. The van der Waals surface area contributed by atoms with Crippen LogP contribution >= 0.6 is 0 Å². The number of aromatic nitrogens is 4. The van der Waals surface area contributed by atoms with Gasteiger partial charge in [-0.2, -0.15) is 0 Å². The molecule has 0 aliphatic heterocycles. The van der Waals surface area contributed by atoms with Crippen LogP contribution in [0.25, 0.3) is 83.9 Å². The summed E-state index contributed by atoms with van der Waals surface area (Å²) in [5.74, 6) is 1.94. The van der Waals surface area contributed by atoms with E-state index in [9.17, 15) is 0 Å². The molecule has 0 aliphatic rings. The molecular weight excluding hydrogens is 695 g/mol. The molecule has 57 heavy (non-hydrogen) atoms. The van der Waals surface area contributed by atoms with Gasteiger partial charge in [-0.1, -0.05) is 158 Å². The molecule has 2 heterocycles. The lowest BCUT2D eigenvalue weighted by atomic mass is 9.97. The van der Waals surface area contributed by atoms with E-state index < -0.39 is 0 Å². The Bertz CT molecular complexity index is 2950. The molecule has 0 amide bonds. The Hall–Kier alpha value is -7.63. The first kappa shape index (κ1) is 33.9. The number of hydrogen-bond acceptors (Lipinski definition) is 4. The van der Waals surface area contributed by atoms with Crippen molar-refractivity contribution in [2.75, 3.05) is 11.9 Å². The first-order chi connectivity index (χ1) is 28.2. The molecule has 5 heteroatoms. The van der Waals surface area contributed by atoms with Gasteiger partial charge < -0.3 is 9.47 Å². The van der Waals surface area contributed by atoms with Crippen molar-refractivity contribution in [3.8, 4) is 62.1 Å². The molecule has 2 aromatic heterocycles. The molecular formula is C52H37N5. The summed E-state index contributed by atoms with van der Waals surface area (Å²) in [6, 6.07) is 72.2. The van der Waals surface area contributed by atoms with E-state index in [2.05, 4.69) is 162 Å². The molecule has 0 atom stereocenters. The lowest BCUT2D eigenvalue weighted by Crippen LogP contribution is -2.10. The van der Waals surface area contributed by atoms with Crippen LogP contribution in [0.3, 0.4) is 0 Å². The predicted octanol–water partition coefficient (Wildman–Crippen LogP) is 13.1. The Balaban J connectivity index is 0.976. The molecule has 0 fully saturated rings. The SMILES string of the molecule is CN(c1ccc2c(c1)c1ccccc1n2-c1ccccc1)c1ccccc1-c1ccc(-c2cccc(-c3nc(-c4ccccc4)nc(-c4ccccc4)n3)c2)cc1. The highest BCUT2D eigenvalue weighted by molar-refractivity contribution is 6.10. The van der Waals surface area contributed by atoms with Gasteiger partial charge in [0.05, 0.1) is 11.0 Å². The van der Waals surface area contributed by atoms with Crippen molar-refractivity contribution in [2.24, 2.45) is 0 Å². The smallest absolute Gasteiger partial charge is 0.164 e. The van der Waals surface area contributed by atoms with Gasteiger partial charge in [0, 0.05) is 57.1 Å². The van der Waals surface area contributed by atoms with E-state index in [1.807, 2.05) is 60.7 Å². The summed E-state index contributed by atoms with van der Waals surface area (Å²) in [4.78, 5) is 17.1. The maximum atomic E-state index is 4.96. The van der Waals surface area contributed by atoms with Gasteiger partial charge in [0.25, 0.3) is 0 Å². The minimum Gasteiger partial charge on any atom is -0.344 e. The maximum Gasteiger partial charge on any atom is 0.164 e. The molecule has 0 radical (unpaired) electrons. The molecule has 10 aromatic rings. The normalized spacial score (nSPS) is 11.2.